The fourth-order valence-corrected chi connectivity index (χ4v) is 6.43. The van der Waals surface area contributed by atoms with E-state index in [1.807, 2.05) is 37.3 Å². The Morgan fingerprint density at radius 1 is 0.630 bits per heavy atom. The Balaban J connectivity index is 1.46. The third-order valence-electron chi connectivity index (χ3n) is 9.01. The van der Waals surface area contributed by atoms with E-state index in [2.05, 4.69) is 124 Å². The highest BCUT2D eigenvalue weighted by atomic mass is 14.4. The van der Waals surface area contributed by atoms with E-state index in [0.29, 0.717) is 5.56 Å². The van der Waals surface area contributed by atoms with Crippen molar-refractivity contribution in [2.24, 2.45) is 0 Å². The predicted octanol–water partition coefficient (Wildman–Crippen LogP) is 11.7. The Morgan fingerprint density at radius 2 is 1.11 bits per heavy atom. The fourth-order valence-electron chi connectivity index (χ4n) is 6.43. The van der Waals surface area contributed by atoms with Gasteiger partial charge in [-0.25, -0.2) is 0 Å². The van der Waals surface area contributed by atoms with E-state index in [9.17, 15) is 5.26 Å². The third-order valence-corrected chi connectivity index (χ3v) is 9.01. The third kappa shape index (κ3) is 5.60. The topological polar surface area (TPSA) is 47.6 Å². The van der Waals surface area contributed by atoms with E-state index < -0.39 is 0 Å². The van der Waals surface area contributed by atoms with Crippen molar-refractivity contribution >= 4 is 17.4 Å². The lowest BCUT2D eigenvalue weighted by Gasteiger charge is -2.22. The van der Waals surface area contributed by atoms with Crippen molar-refractivity contribution in [3.05, 3.63) is 168 Å². The summed E-state index contributed by atoms with van der Waals surface area (Å²) in [7, 11) is 0. The van der Waals surface area contributed by atoms with Crippen LogP contribution in [0.4, 0.5) is 0 Å². The highest BCUT2D eigenvalue weighted by Crippen LogP contribution is 2.50. The summed E-state index contributed by atoms with van der Waals surface area (Å²) < 4.78 is 0. The molecule has 46 heavy (non-hydrogen) atoms. The van der Waals surface area contributed by atoms with Gasteiger partial charge < -0.3 is 5.41 Å². The molecule has 222 valence electrons. The molecule has 0 unspecified atom stereocenters. The van der Waals surface area contributed by atoms with Crippen molar-refractivity contribution in [3.8, 4) is 50.6 Å². The van der Waals surface area contributed by atoms with Crippen LogP contribution in [-0.4, -0.2) is 6.21 Å². The average Bonchev–Trinajstić information content (AvgIpc) is 3.32. The Hall–Kier alpha value is -5.78. The number of hydrogen-bond donors (Lipinski definition) is 1. The van der Waals surface area contributed by atoms with Gasteiger partial charge in [0, 0.05) is 11.6 Å². The van der Waals surface area contributed by atoms with Crippen molar-refractivity contribution in [1.82, 2.24) is 0 Å². The summed E-state index contributed by atoms with van der Waals surface area (Å²) in [5.74, 6) is 0. The zero-order valence-corrected chi connectivity index (χ0v) is 26.6. The second kappa shape index (κ2) is 12.3. The molecule has 0 saturated carbocycles. The molecule has 0 aliphatic heterocycles. The predicted molar refractivity (Wildman–Crippen MR) is 196 cm³/mol. The first-order chi connectivity index (χ1) is 22.2. The van der Waals surface area contributed by atoms with Crippen LogP contribution in [0, 0.1) is 16.7 Å². The van der Waals surface area contributed by atoms with Crippen LogP contribution in [0.25, 0.3) is 55.7 Å². The first-order valence-electron chi connectivity index (χ1n) is 15.5. The van der Waals surface area contributed by atoms with Gasteiger partial charge in [0.2, 0.25) is 0 Å². The van der Waals surface area contributed by atoms with E-state index in [1.54, 1.807) is 6.08 Å². The molecule has 2 heteroatoms. The first-order valence-corrected chi connectivity index (χ1v) is 15.5. The van der Waals surface area contributed by atoms with Crippen LogP contribution in [0.5, 0.6) is 0 Å². The molecule has 1 aliphatic carbocycles. The molecule has 2 nitrogen and oxygen atoms in total. The first kappa shape index (κ1) is 30.3. The summed E-state index contributed by atoms with van der Waals surface area (Å²) in [6, 6.07) is 39.0. The molecule has 1 aliphatic rings. The molecule has 0 amide bonds. The zero-order valence-electron chi connectivity index (χ0n) is 26.6. The maximum Gasteiger partial charge on any atom is 0.0991 e. The summed E-state index contributed by atoms with van der Waals surface area (Å²) >= 11 is 0. The number of nitrogens with one attached hydrogen (secondary N) is 1. The smallest absolute Gasteiger partial charge is 0.0991 e. The molecule has 0 saturated heterocycles. The average molecular weight is 593 g/mol. The van der Waals surface area contributed by atoms with Crippen LogP contribution in [-0.2, 0) is 5.41 Å². The van der Waals surface area contributed by atoms with Gasteiger partial charge in [-0.2, -0.15) is 5.26 Å². The van der Waals surface area contributed by atoms with Gasteiger partial charge >= 0.3 is 0 Å². The molecular weight excluding hydrogens is 556 g/mol. The van der Waals surface area contributed by atoms with Crippen LogP contribution in [0.2, 0.25) is 0 Å². The van der Waals surface area contributed by atoms with Gasteiger partial charge in [-0.05, 0) is 127 Å². The number of hydrogen-bond acceptors (Lipinski definition) is 2. The van der Waals surface area contributed by atoms with Crippen molar-refractivity contribution in [1.29, 1.82) is 10.7 Å². The maximum atomic E-state index is 9.56. The number of nitriles is 1. The molecule has 0 heterocycles. The van der Waals surface area contributed by atoms with Crippen molar-refractivity contribution < 1.29 is 0 Å². The quantitative estimate of drug-likeness (QED) is 0.141. The molecule has 0 atom stereocenters. The Bertz CT molecular complexity index is 2110. The van der Waals surface area contributed by atoms with Crippen molar-refractivity contribution in [2.75, 3.05) is 0 Å². The van der Waals surface area contributed by atoms with E-state index in [1.165, 1.54) is 28.5 Å². The molecule has 0 spiro atoms. The zero-order chi connectivity index (χ0) is 32.4. The van der Waals surface area contributed by atoms with E-state index in [4.69, 9.17) is 5.41 Å². The monoisotopic (exact) mass is 592 g/mol. The minimum absolute atomic E-state index is 0.219. The molecule has 0 bridgehead atoms. The van der Waals surface area contributed by atoms with Crippen LogP contribution < -0.4 is 0 Å². The minimum atomic E-state index is -0.219. The van der Waals surface area contributed by atoms with Gasteiger partial charge in [0.1, 0.15) is 0 Å². The molecule has 6 rings (SSSR count). The number of rotatable bonds is 8. The molecule has 5 aromatic carbocycles. The molecular formula is C44H36N2. The van der Waals surface area contributed by atoms with E-state index in [0.717, 1.165) is 55.7 Å². The number of fused-ring (bicyclic) bond motifs is 3. The maximum absolute atomic E-state index is 9.56. The molecule has 5 aromatic rings. The standard InChI is InChI=1S/C44H36N2/c1-6-8-29(2)32-11-15-34(16-12-32)37-24-38(35-17-13-33(14-18-35)30(3)9-7-22-45)26-39(25-37)36-19-21-41-40-20-10-31(28-46)23-42(40)44(4,5)43(41)27-36/h6-27,45H,2-3H2,1,4-5H3/b8-6-,9-7-,45-22?. The normalized spacial score (nSPS) is 12.9. The van der Waals surface area contributed by atoms with Crippen LogP contribution in [0.3, 0.4) is 0 Å². The van der Waals surface area contributed by atoms with Gasteiger partial charge in [-0.3, -0.25) is 0 Å². The second-order valence-electron chi connectivity index (χ2n) is 12.3. The summed E-state index contributed by atoms with van der Waals surface area (Å²) in [5.41, 5.74) is 16.2. The number of allylic oxidation sites excluding steroid dienone is 6. The van der Waals surface area contributed by atoms with Gasteiger partial charge in [0.15, 0.2) is 0 Å². The molecule has 1 N–H and O–H groups in total. The highest BCUT2D eigenvalue weighted by Gasteiger charge is 2.35. The van der Waals surface area contributed by atoms with Crippen LogP contribution in [0.1, 0.15) is 48.6 Å². The van der Waals surface area contributed by atoms with Crippen molar-refractivity contribution in [3.63, 3.8) is 0 Å². The van der Waals surface area contributed by atoms with Crippen molar-refractivity contribution in [2.45, 2.75) is 26.2 Å². The lowest BCUT2D eigenvalue weighted by atomic mass is 9.81. The molecule has 0 aromatic heterocycles. The number of nitrogens with zero attached hydrogens (tertiary/aromatic N) is 1. The Morgan fingerprint density at radius 3 is 1.63 bits per heavy atom. The fraction of sp³-hybridized carbons (Fsp3) is 0.0909. The van der Waals surface area contributed by atoms with Gasteiger partial charge in [-0.1, -0.05) is 112 Å². The van der Waals surface area contributed by atoms with Crippen LogP contribution in [0.15, 0.2) is 141 Å². The Labute approximate surface area is 272 Å². The summed E-state index contributed by atoms with van der Waals surface area (Å²) in [4.78, 5) is 0. The van der Waals surface area contributed by atoms with Gasteiger partial charge in [0.25, 0.3) is 0 Å². The SMILES string of the molecule is C=C(/C=C\C)c1ccc(-c2cc(-c3ccc(C(=C)/C=C\C=N)cc3)cc(-c3ccc4c(c3)C(C)(C)c3cc(C#N)ccc3-4)c2)cc1. The molecule has 0 radical (unpaired) electrons. The minimum Gasteiger partial charge on any atom is -0.309 e. The van der Waals surface area contributed by atoms with Gasteiger partial charge in [0.05, 0.1) is 11.6 Å². The largest absolute Gasteiger partial charge is 0.309 e. The molecule has 0 fully saturated rings. The van der Waals surface area contributed by atoms with Gasteiger partial charge in [-0.15, -0.1) is 0 Å². The van der Waals surface area contributed by atoms with E-state index >= 15 is 0 Å². The lowest BCUT2D eigenvalue weighted by molar-refractivity contribution is 0.660. The van der Waals surface area contributed by atoms with Crippen LogP contribution >= 0.6 is 0 Å². The van der Waals surface area contributed by atoms with E-state index in [-0.39, 0.29) is 5.41 Å². The summed E-state index contributed by atoms with van der Waals surface area (Å²) in [5, 5.41) is 16.8. The highest BCUT2D eigenvalue weighted by molar-refractivity contribution is 5.87. The second-order valence-corrected chi connectivity index (χ2v) is 12.3. The summed E-state index contributed by atoms with van der Waals surface area (Å²) in [6.07, 6.45) is 8.84. The Kier molecular flexibility index (Phi) is 8.10. The summed E-state index contributed by atoms with van der Waals surface area (Å²) in [6.45, 7) is 14.9. The lowest BCUT2D eigenvalue weighted by Crippen LogP contribution is -2.15. The number of benzene rings is 5.